The van der Waals surface area contributed by atoms with Crippen LogP contribution < -0.4 is 5.32 Å². The molecule has 20 heavy (non-hydrogen) atoms. The van der Waals surface area contributed by atoms with E-state index in [-0.39, 0.29) is 18.7 Å². The zero-order valence-electron chi connectivity index (χ0n) is 11.0. The maximum absolute atomic E-state index is 12.9. The fraction of sp³-hybridized carbons (Fsp3) is 0.429. The monoisotopic (exact) mass is 285 g/mol. The van der Waals surface area contributed by atoms with E-state index in [9.17, 15) is 18.4 Å². The molecule has 0 bridgehead atoms. The molecule has 0 aliphatic heterocycles. The summed E-state index contributed by atoms with van der Waals surface area (Å²) < 4.78 is 25.6. The number of hydrogen-bond donors (Lipinski definition) is 2. The zero-order valence-corrected chi connectivity index (χ0v) is 11.0. The van der Waals surface area contributed by atoms with Crippen LogP contribution in [0.2, 0.25) is 0 Å². The van der Waals surface area contributed by atoms with Crippen LogP contribution in [0.5, 0.6) is 0 Å². The summed E-state index contributed by atoms with van der Waals surface area (Å²) in [6, 6.07) is 3.36. The molecule has 0 spiro atoms. The summed E-state index contributed by atoms with van der Waals surface area (Å²) in [4.78, 5) is 21.8. The Bertz CT molecular complexity index is 477. The Morgan fingerprint density at radius 3 is 2.50 bits per heavy atom. The van der Waals surface area contributed by atoms with Gasteiger partial charge in [0.1, 0.15) is 0 Å². The van der Waals surface area contributed by atoms with Crippen molar-refractivity contribution in [1.82, 2.24) is 5.32 Å². The second-order valence-electron chi connectivity index (χ2n) is 4.48. The van der Waals surface area contributed by atoms with E-state index >= 15 is 0 Å². The van der Waals surface area contributed by atoms with Crippen LogP contribution in [-0.2, 0) is 16.0 Å². The van der Waals surface area contributed by atoms with Crippen LogP contribution in [-0.4, -0.2) is 23.5 Å². The van der Waals surface area contributed by atoms with Crippen LogP contribution in [0, 0.1) is 11.6 Å². The SMILES string of the molecule is O=C(O)CCCCCNC(=O)Cc1ccc(F)c(F)c1. The number of unbranched alkanes of at least 4 members (excludes halogenated alkanes) is 2. The molecule has 0 radical (unpaired) electrons. The molecule has 110 valence electrons. The highest BCUT2D eigenvalue weighted by Crippen LogP contribution is 2.09. The van der Waals surface area contributed by atoms with Crippen LogP contribution >= 0.6 is 0 Å². The van der Waals surface area contributed by atoms with Gasteiger partial charge in [-0.3, -0.25) is 9.59 Å². The first-order chi connectivity index (χ1) is 9.49. The van der Waals surface area contributed by atoms with E-state index in [1.165, 1.54) is 6.07 Å². The average Bonchev–Trinajstić information content (AvgIpc) is 2.38. The largest absolute Gasteiger partial charge is 0.481 e. The lowest BCUT2D eigenvalue weighted by molar-refractivity contribution is -0.137. The van der Waals surface area contributed by atoms with Crippen LogP contribution in [0.15, 0.2) is 18.2 Å². The van der Waals surface area contributed by atoms with Gasteiger partial charge in [-0.25, -0.2) is 8.78 Å². The highest BCUT2D eigenvalue weighted by Gasteiger charge is 2.06. The van der Waals surface area contributed by atoms with Crippen molar-refractivity contribution in [2.24, 2.45) is 0 Å². The summed E-state index contributed by atoms with van der Waals surface area (Å²) in [5.74, 6) is -3.00. The number of hydrogen-bond acceptors (Lipinski definition) is 2. The lowest BCUT2D eigenvalue weighted by Gasteiger charge is -2.05. The summed E-state index contributed by atoms with van der Waals surface area (Å²) in [6.45, 7) is 0.447. The summed E-state index contributed by atoms with van der Waals surface area (Å²) in [5, 5.41) is 11.1. The molecule has 4 nitrogen and oxygen atoms in total. The molecule has 1 aromatic carbocycles. The number of carbonyl (C=O) groups excluding carboxylic acids is 1. The molecule has 0 aromatic heterocycles. The van der Waals surface area contributed by atoms with Gasteiger partial charge in [-0.05, 0) is 30.5 Å². The van der Waals surface area contributed by atoms with Gasteiger partial charge in [-0.2, -0.15) is 0 Å². The molecule has 0 aliphatic rings. The second kappa shape index (κ2) is 8.24. The van der Waals surface area contributed by atoms with E-state index in [0.717, 1.165) is 18.6 Å². The molecule has 1 amide bonds. The zero-order chi connectivity index (χ0) is 15.0. The fourth-order valence-electron chi connectivity index (χ4n) is 1.70. The third-order valence-electron chi connectivity index (χ3n) is 2.74. The first-order valence-corrected chi connectivity index (χ1v) is 6.41. The first kappa shape index (κ1) is 16.1. The van der Waals surface area contributed by atoms with E-state index in [1.807, 2.05) is 0 Å². The Morgan fingerprint density at radius 1 is 1.10 bits per heavy atom. The van der Waals surface area contributed by atoms with Gasteiger partial charge in [-0.1, -0.05) is 12.5 Å². The number of carbonyl (C=O) groups is 2. The molecule has 0 unspecified atom stereocenters. The Hall–Kier alpha value is -1.98. The molecule has 0 heterocycles. The number of carboxylic acids is 1. The number of amides is 1. The lowest BCUT2D eigenvalue weighted by Crippen LogP contribution is -2.26. The number of halogens is 2. The van der Waals surface area contributed by atoms with Crippen LogP contribution in [0.1, 0.15) is 31.2 Å². The molecule has 0 saturated heterocycles. The fourth-order valence-corrected chi connectivity index (χ4v) is 1.70. The summed E-state index contributed by atoms with van der Waals surface area (Å²) in [5.41, 5.74) is 0.410. The van der Waals surface area contributed by atoms with Crippen LogP contribution in [0.3, 0.4) is 0 Å². The molecule has 1 rings (SSSR count). The number of aliphatic carboxylic acids is 1. The molecular weight excluding hydrogens is 268 g/mol. The van der Waals surface area contributed by atoms with Crippen molar-refractivity contribution in [1.29, 1.82) is 0 Å². The summed E-state index contributed by atoms with van der Waals surface area (Å²) in [6.07, 6.45) is 2.11. The van der Waals surface area contributed by atoms with Crippen molar-refractivity contribution in [2.45, 2.75) is 32.1 Å². The summed E-state index contributed by atoms with van der Waals surface area (Å²) >= 11 is 0. The number of carboxylic acid groups (broad SMARTS) is 1. The average molecular weight is 285 g/mol. The van der Waals surface area contributed by atoms with E-state index in [1.54, 1.807) is 0 Å². The van der Waals surface area contributed by atoms with Gasteiger partial charge >= 0.3 is 5.97 Å². The molecule has 6 heteroatoms. The molecular formula is C14H17F2NO3. The van der Waals surface area contributed by atoms with Crippen LogP contribution in [0.25, 0.3) is 0 Å². The van der Waals surface area contributed by atoms with E-state index < -0.39 is 17.6 Å². The van der Waals surface area contributed by atoms with Gasteiger partial charge in [-0.15, -0.1) is 0 Å². The normalized spacial score (nSPS) is 10.3. The van der Waals surface area contributed by atoms with Crippen molar-refractivity contribution in [2.75, 3.05) is 6.54 Å². The minimum Gasteiger partial charge on any atom is -0.481 e. The predicted molar refractivity (Wildman–Crippen MR) is 69.2 cm³/mol. The van der Waals surface area contributed by atoms with Gasteiger partial charge in [0.2, 0.25) is 5.91 Å². The predicted octanol–water partition coefficient (Wildman–Crippen LogP) is 2.27. The van der Waals surface area contributed by atoms with Crippen molar-refractivity contribution in [3.05, 3.63) is 35.4 Å². The summed E-state index contributed by atoms with van der Waals surface area (Å²) in [7, 11) is 0. The Morgan fingerprint density at radius 2 is 1.85 bits per heavy atom. The molecule has 0 fully saturated rings. The van der Waals surface area contributed by atoms with Crippen molar-refractivity contribution in [3.63, 3.8) is 0 Å². The smallest absolute Gasteiger partial charge is 0.303 e. The van der Waals surface area contributed by atoms with Gasteiger partial charge in [0.25, 0.3) is 0 Å². The minimum atomic E-state index is -0.969. The second-order valence-corrected chi connectivity index (χ2v) is 4.48. The lowest BCUT2D eigenvalue weighted by atomic mass is 10.1. The molecule has 0 aliphatic carbocycles. The van der Waals surface area contributed by atoms with Gasteiger partial charge in [0.05, 0.1) is 6.42 Å². The van der Waals surface area contributed by atoms with E-state index in [4.69, 9.17) is 5.11 Å². The van der Waals surface area contributed by atoms with Gasteiger partial charge in [0.15, 0.2) is 11.6 Å². The maximum atomic E-state index is 12.9. The molecule has 2 N–H and O–H groups in total. The topological polar surface area (TPSA) is 66.4 Å². The number of rotatable bonds is 8. The first-order valence-electron chi connectivity index (χ1n) is 6.41. The third kappa shape index (κ3) is 6.26. The standard InChI is InChI=1S/C14H17F2NO3/c15-11-6-5-10(8-12(11)16)9-13(18)17-7-3-1-2-4-14(19)20/h5-6,8H,1-4,7,9H2,(H,17,18)(H,19,20). The van der Waals surface area contributed by atoms with Gasteiger partial charge < -0.3 is 10.4 Å². The Balaban J connectivity index is 2.20. The number of benzene rings is 1. The highest BCUT2D eigenvalue weighted by atomic mass is 19.2. The van der Waals surface area contributed by atoms with Crippen LogP contribution in [0.4, 0.5) is 8.78 Å². The van der Waals surface area contributed by atoms with Crippen molar-refractivity contribution >= 4 is 11.9 Å². The minimum absolute atomic E-state index is 0.00761. The molecule has 0 atom stereocenters. The van der Waals surface area contributed by atoms with Crippen molar-refractivity contribution < 1.29 is 23.5 Å². The van der Waals surface area contributed by atoms with Gasteiger partial charge in [0, 0.05) is 13.0 Å². The Kier molecular flexibility index (Phi) is 6.63. The molecule has 0 saturated carbocycles. The Labute approximate surface area is 115 Å². The van der Waals surface area contributed by atoms with E-state index in [2.05, 4.69) is 5.32 Å². The maximum Gasteiger partial charge on any atom is 0.303 e. The van der Waals surface area contributed by atoms with Crippen molar-refractivity contribution in [3.8, 4) is 0 Å². The quantitative estimate of drug-likeness (QED) is 0.720. The molecule has 1 aromatic rings. The van der Waals surface area contributed by atoms with E-state index in [0.29, 0.717) is 24.9 Å². The third-order valence-corrected chi connectivity index (χ3v) is 2.74. The highest BCUT2D eigenvalue weighted by molar-refractivity contribution is 5.78. The number of nitrogens with one attached hydrogen (secondary N) is 1.